The van der Waals surface area contributed by atoms with Gasteiger partial charge in [0.15, 0.2) is 0 Å². The van der Waals surface area contributed by atoms with E-state index in [2.05, 4.69) is 51.9 Å². The Kier molecular flexibility index (Phi) is 5.78. The first kappa shape index (κ1) is 21.8. The molecule has 33 heavy (non-hydrogen) atoms. The van der Waals surface area contributed by atoms with E-state index < -0.39 is 0 Å². The number of nitrogens with one attached hydrogen (secondary N) is 2. The number of hydrogen-bond acceptors (Lipinski definition) is 5. The minimum absolute atomic E-state index is 0.120. The van der Waals surface area contributed by atoms with Crippen molar-refractivity contribution in [2.24, 2.45) is 0 Å². The van der Waals surface area contributed by atoms with Crippen LogP contribution in [0.1, 0.15) is 36.6 Å². The molecule has 172 valence electrons. The number of hydrogen-bond donors (Lipinski definition) is 2. The van der Waals surface area contributed by atoms with Crippen LogP contribution in [0.5, 0.6) is 5.75 Å². The summed E-state index contributed by atoms with van der Waals surface area (Å²) in [6.07, 6.45) is 8.28. The molecule has 2 aliphatic rings. The smallest absolute Gasteiger partial charge is 0.143 e. The lowest BCUT2D eigenvalue weighted by Gasteiger charge is -2.50. The zero-order valence-corrected chi connectivity index (χ0v) is 19.3. The van der Waals surface area contributed by atoms with Crippen molar-refractivity contribution in [1.82, 2.24) is 25.3 Å². The second-order valence-electron chi connectivity index (χ2n) is 9.10. The summed E-state index contributed by atoms with van der Waals surface area (Å²) in [5, 5.41) is 6.00. The first-order chi connectivity index (χ1) is 15.9. The Morgan fingerprint density at radius 2 is 2.03 bits per heavy atom. The Morgan fingerprint density at radius 1 is 1.21 bits per heavy atom. The van der Waals surface area contributed by atoms with Crippen LogP contribution in [0.2, 0.25) is 0 Å². The van der Waals surface area contributed by atoms with Crippen LogP contribution in [0.25, 0.3) is 11.8 Å². The van der Waals surface area contributed by atoms with Crippen molar-refractivity contribution in [3.63, 3.8) is 0 Å². The summed E-state index contributed by atoms with van der Waals surface area (Å²) in [6, 6.07) is 13.1. The summed E-state index contributed by atoms with van der Waals surface area (Å²) in [4.78, 5) is 4.32. The predicted molar refractivity (Wildman–Crippen MR) is 127 cm³/mol. The third-order valence-corrected chi connectivity index (χ3v) is 6.59. The zero-order chi connectivity index (χ0) is 23.0. The van der Waals surface area contributed by atoms with E-state index in [1.807, 2.05) is 29.8 Å². The van der Waals surface area contributed by atoms with E-state index >= 15 is 0 Å². The fourth-order valence-corrected chi connectivity index (χ4v) is 4.84. The first-order valence-corrected chi connectivity index (χ1v) is 11.4. The quantitative estimate of drug-likeness (QED) is 0.629. The van der Waals surface area contributed by atoms with Gasteiger partial charge in [-0.25, -0.2) is 19.8 Å². The molecule has 0 spiro atoms. The predicted octanol–water partition coefficient (Wildman–Crippen LogP) is 4.16. The summed E-state index contributed by atoms with van der Waals surface area (Å²) >= 11 is 0. The van der Waals surface area contributed by atoms with Crippen LogP contribution in [0.15, 0.2) is 60.6 Å². The highest BCUT2D eigenvalue weighted by Gasteiger charge is 2.39. The number of halogens is 1. The van der Waals surface area contributed by atoms with Gasteiger partial charge in [0, 0.05) is 19.3 Å². The fourth-order valence-electron chi connectivity index (χ4n) is 4.84. The Balaban J connectivity index is 1.38. The number of ether oxygens (including phenoxy) is 1. The normalized spacial score (nSPS) is 24.6. The average Bonchev–Trinajstić information content (AvgIpc) is 3.25. The van der Waals surface area contributed by atoms with E-state index in [0.717, 1.165) is 54.2 Å². The fraction of sp³-hybridized carbons (Fsp3) is 0.346. The van der Waals surface area contributed by atoms with Crippen LogP contribution < -0.4 is 15.5 Å². The number of aromatic nitrogens is 2. The molecule has 2 saturated heterocycles. The van der Waals surface area contributed by atoms with Gasteiger partial charge in [-0.05, 0) is 67.7 Å². The molecule has 6 nitrogen and oxygen atoms in total. The van der Waals surface area contributed by atoms with Gasteiger partial charge in [-0.3, -0.25) is 5.32 Å². The molecule has 3 heterocycles. The molecule has 0 radical (unpaired) electrons. The second kappa shape index (κ2) is 8.74. The van der Waals surface area contributed by atoms with Gasteiger partial charge in [0.2, 0.25) is 0 Å². The largest absolute Gasteiger partial charge is 0.495 e. The molecule has 1 aromatic heterocycles. The molecule has 2 unspecified atom stereocenters. The molecule has 2 fully saturated rings. The van der Waals surface area contributed by atoms with E-state index in [-0.39, 0.29) is 17.5 Å². The number of piperidine rings is 1. The first-order valence-electron chi connectivity index (χ1n) is 11.4. The maximum absolute atomic E-state index is 13.4. The lowest BCUT2D eigenvalue weighted by atomic mass is 9.89. The van der Waals surface area contributed by atoms with Crippen LogP contribution in [0, 0.1) is 12.7 Å². The highest BCUT2D eigenvalue weighted by Crippen LogP contribution is 2.32. The Morgan fingerprint density at radius 3 is 2.76 bits per heavy atom. The third-order valence-electron chi connectivity index (χ3n) is 6.59. The zero-order valence-electron chi connectivity index (χ0n) is 19.3. The van der Waals surface area contributed by atoms with Gasteiger partial charge in [0.05, 0.1) is 36.5 Å². The summed E-state index contributed by atoms with van der Waals surface area (Å²) in [5.41, 5.74) is 8.87. The molecule has 7 heteroatoms. The van der Waals surface area contributed by atoms with E-state index in [4.69, 9.17) is 4.74 Å². The molecule has 3 aromatic rings. The minimum Gasteiger partial charge on any atom is -0.495 e. The van der Waals surface area contributed by atoms with Crippen LogP contribution in [-0.4, -0.2) is 40.9 Å². The van der Waals surface area contributed by atoms with Gasteiger partial charge in [-0.2, -0.15) is 0 Å². The number of fused-ring (bicyclic) bond motifs is 1. The lowest BCUT2D eigenvalue weighted by molar-refractivity contribution is 0.00398. The van der Waals surface area contributed by atoms with E-state index in [9.17, 15) is 4.39 Å². The van der Waals surface area contributed by atoms with Crippen molar-refractivity contribution >= 4 is 6.08 Å². The number of methoxy groups -OCH3 is 1. The van der Waals surface area contributed by atoms with Crippen LogP contribution in [0.4, 0.5) is 4.39 Å². The van der Waals surface area contributed by atoms with Gasteiger partial charge in [0.25, 0.3) is 0 Å². The van der Waals surface area contributed by atoms with Crippen molar-refractivity contribution in [2.45, 2.75) is 38.4 Å². The Hall–Kier alpha value is -3.00. The lowest BCUT2D eigenvalue weighted by Crippen LogP contribution is -2.69. The molecule has 0 amide bonds. The highest BCUT2D eigenvalue weighted by molar-refractivity contribution is 5.61. The van der Waals surface area contributed by atoms with E-state index in [1.54, 1.807) is 13.4 Å². The molecule has 2 N–H and O–H groups in total. The van der Waals surface area contributed by atoms with Gasteiger partial charge in [-0.15, -0.1) is 0 Å². The van der Waals surface area contributed by atoms with E-state index in [0.29, 0.717) is 0 Å². The van der Waals surface area contributed by atoms with Gasteiger partial charge in [-0.1, -0.05) is 24.3 Å². The highest BCUT2D eigenvalue weighted by atomic mass is 19.1. The molecular weight excluding hydrogens is 417 g/mol. The number of nitrogens with zero attached hydrogens (tertiary/aromatic N) is 3. The molecule has 0 aliphatic carbocycles. The third kappa shape index (κ3) is 4.31. The summed E-state index contributed by atoms with van der Waals surface area (Å²) in [5.74, 6) is 0.602. The number of hydrazine groups is 1. The molecule has 2 aliphatic heterocycles. The van der Waals surface area contributed by atoms with Crippen molar-refractivity contribution < 1.29 is 9.13 Å². The van der Waals surface area contributed by atoms with Crippen LogP contribution >= 0.6 is 0 Å². The van der Waals surface area contributed by atoms with Crippen LogP contribution in [-0.2, 0) is 5.54 Å². The average molecular weight is 448 g/mol. The number of aryl methyl sites for hydroxylation is 1. The summed E-state index contributed by atoms with van der Waals surface area (Å²) < 4.78 is 21.1. The number of benzene rings is 2. The van der Waals surface area contributed by atoms with Crippen LogP contribution in [0.3, 0.4) is 0 Å². The molecular formula is C26H30FN5O. The van der Waals surface area contributed by atoms with Gasteiger partial charge < -0.3 is 9.30 Å². The van der Waals surface area contributed by atoms with Crippen molar-refractivity contribution in [2.75, 3.05) is 20.2 Å². The SMILES string of the molecule is COc1cc(C=C2CCCN3NC(C)(c4ccc(F)cc4)CNC23)ccc1-n1cnc(C)c1. The second-order valence-corrected chi connectivity index (χ2v) is 9.10. The maximum atomic E-state index is 13.4. The molecule has 0 bridgehead atoms. The van der Waals surface area contributed by atoms with Gasteiger partial charge >= 0.3 is 0 Å². The Bertz CT molecular complexity index is 1170. The maximum Gasteiger partial charge on any atom is 0.143 e. The van der Waals surface area contributed by atoms with Crippen molar-refractivity contribution in [3.8, 4) is 11.4 Å². The Labute approximate surface area is 194 Å². The van der Waals surface area contributed by atoms with Gasteiger partial charge in [0.1, 0.15) is 11.6 Å². The topological polar surface area (TPSA) is 54.4 Å². The van der Waals surface area contributed by atoms with E-state index in [1.165, 1.54) is 17.7 Å². The van der Waals surface area contributed by atoms with Crippen molar-refractivity contribution in [1.29, 1.82) is 0 Å². The number of rotatable bonds is 4. The van der Waals surface area contributed by atoms with Crippen molar-refractivity contribution in [3.05, 3.63) is 83.2 Å². The minimum atomic E-state index is -0.291. The monoisotopic (exact) mass is 447 g/mol. The molecule has 2 aromatic carbocycles. The summed E-state index contributed by atoms with van der Waals surface area (Å²) in [6.45, 7) is 5.83. The number of imidazole rings is 1. The summed E-state index contributed by atoms with van der Waals surface area (Å²) in [7, 11) is 1.70. The molecule has 2 atom stereocenters. The molecule has 5 rings (SSSR count). The molecule has 0 saturated carbocycles. The standard InChI is InChI=1S/C26H30FN5O/c1-18-15-31(17-29-18)23-11-6-19(14-24(23)33-3)13-20-5-4-12-32-25(20)28-16-26(2,30-32)21-7-9-22(27)10-8-21/h6-11,13-15,17,25,28,30H,4-5,12,16H2,1-3H3.